The summed E-state index contributed by atoms with van der Waals surface area (Å²) in [6.07, 6.45) is 0. The molecule has 1 aliphatic heterocycles. The average Bonchev–Trinajstić information content (AvgIpc) is 2.68. The Morgan fingerprint density at radius 1 is 1.18 bits per heavy atom. The minimum atomic E-state index is -1.39. The van der Waals surface area contributed by atoms with Gasteiger partial charge in [0.05, 0.1) is 23.7 Å². The predicted octanol–water partition coefficient (Wildman–Crippen LogP) is 3.67. The number of methoxy groups -OCH3 is 1. The molecule has 1 unspecified atom stereocenters. The molecular weight excluding hydrogens is 407 g/mol. The number of carboxylic acids is 1. The molecule has 1 N–H and O–H groups in total. The smallest absolute Gasteiger partial charge is 0.331 e. The molecule has 1 fully saturated rings. The number of aliphatic carboxylic acids is 1. The zero-order valence-corrected chi connectivity index (χ0v) is 16.3. The van der Waals surface area contributed by atoms with E-state index >= 15 is 0 Å². The number of anilines is 1. The van der Waals surface area contributed by atoms with Crippen LogP contribution in [0.25, 0.3) is 0 Å². The molecule has 2 aromatic rings. The van der Waals surface area contributed by atoms with Crippen molar-refractivity contribution in [3.63, 3.8) is 0 Å². The molecule has 1 aliphatic rings. The Hall–Kier alpha value is -2.77. The summed E-state index contributed by atoms with van der Waals surface area (Å²) in [5, 5.41) is 9.95. The lowest BCUT2D eigenvalue weighted by Gasteiger charge is -2.37. The molecule has 1 heterocycles. The molecule has 1 atom stereocenters. The van der Waals surface area contributed by atoms with Gasteiger partial charge < -0.3 is 9.84 Å². The molecule has 7 nitrogen and oxygen atoms in total. The topological polar surface area (TPSA) is 87.2 Å². The molecule has 0 saturated carbocycles. The summed E-state index contributed by atoms with van der Waals surface area (Å²) in [4.78, 5) is 39.4. The Morgan fingerprint density at radius 3 is 2.46 bits per heavy atom. The zero-order chi connectivity index (χ0) is 20.4. The number of halogens is 2. The highest BCUT2D eigenvalue weighted by Crippen LogP contribution is 2.30. The summed E-state index contributed by atoms with van der Waals surface area (Å²) >= 11 is 12.2. The van der Waals surface area contributed by atoms with E-state index in [2.05, 4.69) is 0 Å². The van der Waals surface area contributed by atoms with Gasteiger partial charge in [-0.15, -0.1) is 0 Å². The molecule has 0 spiro atoms. The van der Waals surface area contributed by atoms with Gasteiger partial charge in [-0.05, 0) is 35.9 Å². The van der Waals surface area contributed by atoms with Crippen molar-refractivity contribution >= 4 is 46.8 Å². The lowest BCUT2D eigenvalue weighted by atomic mass is 10.0. The maximum atomic E-state index is 13.0. The fourth-order valence-corrected chi connectivity index (χ4v) is 3.29. The van der Waals surface area contributed by atoms with Crippen LogP contribution in [0.5, 0.6) is 5.75 Å². The van der Waals surface area contributed by atoms with E-state index < -0.39 is 23.8 Å². The van der Waals surface area contributed by atoms with Gasteiger partial charge in [0, 0.05) is 12.2 Å². The van der Waals surface area contributed by atoms with E-state index in [4.69, 9.17) is 27.9 Å². The second-order valence-corrected chi connectivity index (χ2v) is 6.90. The first-order valence-corrected chi connectivity index (χ1v) is 9.01. The number of ether oxygens (including phenoxy) is 1. The van der Waals surface area contributed by atoms with Crippen LogP contribution in [0.2, 0.25) is 10.0 Å². The minimum Gasteiger partial charge on any atom is -0.497 e. The summed E-state index contributed by atoms with van der Waals surface area (Å²) in [5.41, 5.74) is 0.892. The Kier molecular flexibility index (Phi) is 5.76. The standard InChI is InChI=1S/C19H16Cl2N2O5/c1-28-13-7-5-12(6-8-13)22-10-14(18(25)26)17(24)23(19(22)27)9-11-3-2-4-15(20)16(11)21/h2-8,14H,9-10H2,1H3,(H,25,26). The molecule has 0 aliphatic carbocycles. The number of hydrogen-bond acceptors (Lipinski definition) is 4. The monoisotopic (exact) mass is 422 g/mol. The van der Waals surface area contributed by atoms with Gasteiger partial charge in [0.15, 0.2) is 5.92 Å². The van der Waals surface area contributed by atoms with Crippen molar-refractivity contribution in [2.45, 2.75) is 6.54 Å². The molecule has 3 amide bonds. The molecule has 3 rings (SSSR count). The van der Waals surface area contributed by atoms with Crippen LogP contribution in [0.1, 0.15) is 5.56 Å². The van der Waals surface area contributed by atoms with Gasteiger partial charge >= 0.3 is 12.0 Å². The first kappa shape index (κ1) is 20.0. The third-order valence-corrected chi connectivity index (χ3v) is 5.29. The first-order chi connectivity index (χ1) is 13.3. The number of carboxylic acid groups (broad SMARTS) is 1. The van der Waals surface area contributed by atoms with E-state index in [0.717, 1.165) is 4.90 Å². The summed E-state index contributed by atoms with van der Waals surface area (Å²) in [5.74, 6) is -2.91. The van der Waals surface area contributed by atoms with E-state index in [1.807, 2.05) is 0 Å². The average molecular weight is 423 g/mol. The Labute approximate surface area is 171 Å². The molecule has 1 saturated heterocycles. The summed E-state index contributed by atoms with van der Waals surface area (Å²) < 4.78 is 5.10. The summed E-state index contributed by atoms with van der Waals surface area (Å²) in [7, 11) is 1.51. The molecule has 0 bridgehead atoms. The van der Waals surface area contributed by atoms with E-state index in [0.29, 0.717) is 17.0 Å². The van der Waals surface area contributed by atoms with Crippen molar-refractivity contribution in [3.8, 4) is 5.75 Å². The van der Waals surface area contributed by atoms with Crippen LogP contribution in [0.15, 0.2) is 42.5 Å². The van der Waals surface area contributed by atoms with Crippen LogP contribution >= 0.6 is 23.2 Å². The van der Waals surface area contributed by atoms with Crippen molar-refractivity contribution in [2.24, 2.45) is 5.92 Å². The van der Waals surface area contributed by atoms with Crippen molar-refractivity contribution in [1.82, 2.24) is 4.90 Å². The summed E-state index contributed by atoms with van der Waals surface area (Å²) in [6.45, 7) is -0.452. The molecular formula is C19H16Cl2N2O5. The van der Waals surface area contributed by atoms with Gasteiger partial charge in [-0.25, -0.2) is 4.79 Å². The van der Waals surface area contributed by atoms with Crippen LogP contribution in [-0.4, -0.2) is 41.6 Å². The lowest BCUT2D eigenvalue weighted by Crippen LogP contribution is -2.58. The zero-order valence-electron chi connectivity index (χ0n) is 14.8. The van der Waals surface area contributed by atoms with E-state index in [-0.39, 0.29) is 23.1 Å². The lowest BCUT2D eigenvalue weighted by molar-refractivity contribution is -0.150. The van der Waals surface area contributed by atoms with Crippen LogP contribution in [0.4, 0.5) is 10.5 Å². The van der Waals surface area contributed by atoms with Crippen LogP contribution in [-0.2, 0) is 16.1 Å². The number of urea groups is 1. The molecule has 0 radical (unpaired) electrons. The van der Waals surface area contributed by atoms with Gasteiger partial charge in [-0.3, -0.25) is 19.4 Å². The van der Waals surface area contributed by atoms with E-state index in [1.54, 1.807) is 42.5 Å². The number of nitrogens with zero attached hydrogens (tertiary/aromatic N) is 2. The van der Waals surface area contributed by atoms with Crippen LogP contribution in [0, 0.1) is 5.92 Å². The Balaban J connectivity index is 1.97. The highest BCUT2D eigenvalue weighted by atomic mass is 35.5. The molecule has 146 valence electrons. The number of imide groups is 1. The molecule has 28 heavy (non-hydrogen) atoms. The SMILES string of the molecule is COc1ccc(N2CC(C(=O)O)C(=O)N(Cc3cccc(Cl)c3Cl)C2=O)cc1. The maximum absolute atomic E-state index is 13.0. The van der Waals surface area contributed by atoms with Crippen molar-refractivity contribution in [2.75, 3.05) is 18.6 Å². The van der Waals surface area contributed by atoms with Crippen molar-refractivity contribution in [3.05, 3.63) is 58.1 Å². The molecule has 2 aromatic carbocycles. The number of rotatable bonds is 5. The van der Waals surface area contributed by atoms with Crippen molar-refractivity contribution in [1.29, 1.82) is 0 Å². The Morgan fingerprint density at radius 2 is 1.86 bits per heavy atom. The number of hydrogen-bond donors (Lipinski definition) is 1. The third-order valence-electron chi connectivity index (χ3n) is 4.43. The highest BCUT2D eigenvalue weighted by molar-refractivity contribution is 6.42. The van der Waals surface area contributed by atoms with Gasteiger partial charge in [-0.2, -0.15) is 0 Å². The predicted molar refractivity (Wildman–Crippen MR) is 104 cm³/mol. The van der Waals surface area contributed by atoms with Crippen molar-refractivity contribution < 1.29 is 24.2 Å². The minimum absolute atomic E-state index is 0.187. The normalized spacial score (nSPS) is 17.0. The summed E-state index contributed by atoms with van der Waals surface area (Å²) in [6, 6.07) is 10.7. The van der Waals surface area contributed by atoms with Crippen LogP contribution < -0.4 is 9.64 Å². The molecule has 0 aromatic heterocycles. The van der Waals surface area contributed by atoms with E-state index in [1.165, 1.54) is 12.0 Å². The number of amides is 3. The number of carbonyl (C=O) groups is 3. The largest absolute Gasteiger partial charge is 0.497 e. The second-order valence-electron chi connectivity index (χ2n) is 6.12. The van der Waals surface area contributed by atoms with Gasteiger partial charge in [0.1, 0.15) is 5.75 Å². The first-order valence-electron chi connectivity index (χ1n) is 8.26. The highest BCUT2D eigenvalue weighted by Gasteiger charge is 2.43. The van der Waals surface area contributed by atoms with E-state index in [9.17, 15) is 19.5 Å². The fourth-order valence-electron chi connectivity index (χ4n) is 2.92. The number of carbonyl (C=O) groups excluding carboxylic acids is 2. The van der Waals surface area contributed by atoms with Gasteiger partial charge in [0.25, 0.3) is 0 Å². The number of benzene rings is 2. The second kappa shape index (κ2) is 8.08. The maximum Gasteiger partial charge on any atom is 0.331 e. The quantitative estimate of drug-likeness (QED) is 0.742. The van der Waals surface area contributed by atoms with Gasteiger partial charge in [-0.1, -0.05) is 35.3 Å². The Bertz CT molecular complexity index is 932. The third kappa shape index (κ3) is 3.76. The molecule has 9 heteroatoms. The van der Waals surface area contributed by atoms with Gasteiger partial charge in [0.2, 0.25) is 5.91 Å². The fraction of sp³-hybridized carbons (Fsp3) is 0.211. The van der Waals surface area contributed by atoms with Crippen LogP contribution in [0.3, 0.4) is 0 Å².